The Morgan fingerprint density at radius 3 is 2.44 bits per heavy atom. The zero-order chi connectivity index (χ0) is 22.9. The predicted molar refractivity (Wildman–Crippen MR) is 123 cm³/mol. The number of rotatable bonds is 12. The summed E-state index contributed by atoms with van der Waals surface area (Å²) >= 11 is 0. The maximum atomic E-state index is 12.4. The van der Waals surface area contributed by atoms with E-state index in [9.17, 15) is 14.7 Å². The molecule has 0 atom stereocenters. The van der Waals surface area contributed by atoms with Crippen LogP contribution in [0.2, 0.25) is 0 Å². The topological polar surface area (TPSA) is 98.0 Å². The van der Waals surface area contributed by atoms with Crippen molar-refractivity contribution < 1.29 is 14.7 Å². The smallest absolute Gasteiger partial charge is 0.336 e. The average Bonchev–Trinajstić information content (AvgIpc) is 3.20. The molecule has 0 fully saturated rings. The quantitative estimate of drug-likeness (QED) is 0.311. The first-order valence-corrected chi connectivity index (χ1v) is 11.3. The molecule has 0 unspecified atom stereocenters. The highest BCUT2D eigenvalue weighted by atomic mass is 16.4. The van der Waals surface area contributed by atoms with Crippen LogP contribution in [0.5, 0.6) is 0 Å². The van der Waals surface area contributed by atoms with Crippen LogP contribution in [0, 0.1) is 0 Å². The number of carbonyl (C=O) groups excluding carboxylic acids is 1. The summed E-state index contributed by atoms with van der Waals surface area (Å²) in [6.07, 6.45) is 9.34. The van der Waals surface area contributed by atoms with E-state index in [1.165, 1.54) is 12.3 Å². The minimum Gasteiger partial charge on any atom is -0.478 e. The average molecular weight is 435 g/mol. The number of unbranched alkanes of at least 4 members (excludes halogenated alkanes) is 3. The lowest BCUT2D eigenvalue weighted by molar-refractivity contribution is 0.0697. The number of nitrogens with zero attached hydrogens (tertiary/aromatic N) is 4. The number of benzene rings is 1. The number of aryl methyl sites for hydroxylation is 1. The second-order valence-electron chi connectivity index (χ2n) is 7.92. The second-order valence-corrected chi connectivity index (χ2v) is 7.92. The molecule has 0 aliphatic heterocycles. The lowest BCUT2D eigenvalue weighted by Gasteiger charge is -2.09. The Bertz CT molecular complexity index is 1060. The van der Waals surface area contributed by atoms with Crippen molar-refractivity contribution in [3.63, 3.8) is 0 Å². The van der Waals surface area contributed by atoms with Crippen LogP contribution in [0.3, 0.4) is 0 Å². The number of hydrogen-bond donors (Lipinski definition) is 1. The third-order valence-electron chi connectivity index (χ3n) is 5.41. The van der Waals surface area contributed by atoms with Crippen LogP contribution < -0.4 is 0 Å². The van der Waals surface area contributed by atoms with Crippen molar-refractivity contribution in [1.29, 1.82) is 0 Å². The molecule has 1 N–H and O–H groups in total. The van der Waals surface area contributed by atoms with E-state index < -0.39 is 5.97 Å². The fourth-order valence-corrected chi connectivity index (χ4v) is 3.56. The summed E-state index contributed by atoms with van der Waals surface area (Å²) in [4.78, 5) is 32.6. The molecule has 32 heavy (non-hydrogen) atoms. The number of aromatic nitrogens is 4. The van der Waals surface area contributed by atoms with Crippen LogP contribution in [0.15, 0.2) is 42.7 Å². The van der Waals surface area contributed by atoms with Gasteiger partial charge in [0.05, 0.1) is 12.1 Å². The Kier molecular flexibility index (Phi) is 8.25. The van der Waals surface area contributed by atoms with E-state index in [1.54, 1.807) is 6.20 Å². The molecule has 1 aromatic carbocycles. The molecular weight excluding hydrogens is 404 g/mol. The highest BCUT2D eigenvalue weighted by Gasteiger charge is 2.16. The first-order chi connectivity index (χ1) is 15.5. The molecule has 7 nitrogen and oxygen atoms in total. The second kappa shape index (κ2) is 11.3. The molecular formula is C25H30N4O3. The van der Waals surface area contributed by atoms with Crippen molar-refractivity contribution in [3.05, 3.63) is 65.5 Å². The number of carboxylic acid groups (broad SMARTS) is 1. The van der Waals surface area contributed by atoms with Crippen molar-refractivity contribution in [1.82, 2.24) is 19.7 Å². The standard InChI is InChI=1S/C25H30N4O3/c1-3-5-7-9-23-27-24(22(30)8-6-4-2)28-29(23)17-18-10-12-19(13-11-18)21-16-26-15-14-20(21)25(31)32/h10-16H,3-9,17H2,1-2H3,(H,31,32). The number of ketones is 1. The Hall–Kier alpha value is -3.35. The molecule has 168 valence electrons. The van der Waals surface area contributed by atoms with Crippen molar-refractivity contribution in [2.75, 3.05) is 0 Å². The maximum Gasteiger partial charge on any atom is 0.336 e. The molecule has 3 rings (SSSR count). The lowest BCUT2D eigenvalue weighted by atomic mass is 10.0. The summed E-state index contributed by atoms with van der Waals surface area (Å²) < 4.78 is 1.83. The molecule has 0 aliphatic rings. The summed E-state index contributed by atoms with van der Waals surface area (Å²) in [5, 5.41) is 13.9. The molecule has 0 bridgehead atoms. The van der Waals surface area contributed by atoms with Gasteiger partial charge in [0.15, 0.2) is 0 Å². The fourth-order valence-electron chi connectivity index (χ4n) is 3.56. The largest absolute Gasteiger partial charge is 0.478 e. The van der Waals surface area contributed by atoms with E-state index in [1.807, 2.05) is 28.9 Å². The summed E-state index contributed by atoms with van der Waals surface area (Å²) in [5.74, 6) is 0.160. The third-order valence-corrected chi connectivity index (χ3v) is 5.41. The number of Topliss-reactive ketones (excluding diaryl/α,β-unsaturated/α-hetero) is 1. The monoisotopic (exact) mass is 434 g/mol. The van der Waals surface area contributed by atoms with Gasteiger partial charge in [0.2, 0.25) is 11.6 Å². The van der Waals surface area contributed by atoms with Crippen molar-refractivity contribution >= 4 is 11.8 Å². The molecule has 0 saturated heterocycles. The van der Waals surface area contributed by atoms with Crippen LogP contribution in [0.25, 0.3) is 11.1 Å². The van der Waals surface area contributed by atoms with Crippen LogP contribution in [0.4, 0.5) is 0 Å². The van der Waals surface area contributed by atoms with E-state index in [2.05, 4.69) is 28.9 Å². The summed E-state index contributed by atoms with van der Waals surface area (Å²) in [6, 6.07) is 9.17. The molecule has 3 aromatic rings. The highest BCUT2D eigenvalue weighted by molar-refractivity contribution is 5.95. The van der Waals surface area contributed by atoms with Gasteiger partial charge in [-0.25, -0.2) is 14.5 Å². The van der Waals surface area contributed by atoms with Crippen LogP contribution in [-0.4, -0.2) is 36.6 Å². The SMILES string of the molecule is CCCCCc1nc(C(=O)CCCC)nn1Cc1ccc(-c2cnccc2C(=O)O)cc1. The van der Waals surface area contributed by atoms with Crippen molar-refractivity contribution in [2.45, 2.75) is 65.3 Å². The van der Waals surface area contributed by atoms with Crippen molar-refractivity contribution in [2.24, 2.45) is 0 Å². The highest BCUT2D eigenvalue weighted by Crippen LogP contribution is 2.23. The van der Waals surface area contributed by atoms with Gasteiger partial charge in [-0.05, 0) is 30.0 Å². The number of hydrogen-bond acceptors (Lipinski definition) is 5. The zero-order valence-corrected chi connectivity index (χ0v) is 18.8. The molecule has 2 heterocycles. The predicted octanol–water partition coefficient (Wildman–Crippen LogP) is 5.19. The number of carbonyl (C=O) groups is 2. The van der Waals surface area contributed by atoms with E-state index in [-0.39, 0.29) is 11.3 Å². The van der Waals surface area contributed by atoms with Crippen LogP contribution in [-0.2, 0) is 13.0 Å². The van der Waals surface area contributed by atoms with Gasteiger partial charge in [0.25, 0.3) is 0 Å². The molecule has 0 spiro atoms. The van der Waals surface area contributed by atoms with E-state index >= 15 is 0 Å². The molecule has 0 radical (unpaired) electrons. The number of aromatic carboxylic acids is 1. The molecule has 7 heteroatoms. The van der Waals surface area contributed by atoms with Gasteiger partial charge in [-0.1, -0.05) is 57.4 Å². The number of carboxylic acids is 1. The zero-order valence-electron chi connectivity index (χ0n) is 18.8. The Balaban J connectivity index is 1.82. The van der Waals surface area contributed by atoms with E-state index in [0.717, 1.165) is 55.5 Å². The van der Waals surface area contributed by atoms with Gasteiger partial charge in [0.1, 0.15) is 5.82 Å². The molecule has 0 amide bonds. The first kappa shape index (κ1) is 23.3. The normalized spacial score (nSPS) is 10.9. The number of pyridine rings is 1. The molecule has 2 aromatic heterocycles. The summed E-state index contributed by atoms with van der Waals surface area (Å²) in [7, 11) is 0. The minimum atomic E-state index is -0.980. The van der Waals surface area contributed by atoms with Gasteiger partial charge >= 0.3 is 5.97 Å². The Labute approximate surface area is 188 Å². The van der Waals surface area contributed by atoms with Crippen molar-refractivity contribution in [3.8, 4) is 11.1 Å². The van der Waals surface area contributed by atoms with Gasteiger partial charge in [-0.15, -0.1) is 5.10 Å². The third kappa shape index (κ3) is 5.87. The Morgan fingerprint density at radius 2 is 1.75 bits per heavy atom. The van der Waals surface area contributed by atoms with Gasteiger partial charge in [-0.3, -0.25) is 9.78 Å². The van der Waals surface area contributed by atoms with Gasteiger partial charge in [0, 0.05) is 30.8 Å². The van der Waals surface area contributed by atoms with E-state index in [0.29, 0.717) is 24.4 Å². The van der Waals surface area contributed by atoms with Gasteiger partial charge in [-0.2, -0.15) is 0 Å². The molecule has 0 aliphatic carbocycles. The fraction of sp³-hybridized carbons (Fsp3) is 0.400. The molecule has 0 saturated carbocycles. The minimum absolute atomic E-state index is 0.00420. The van der Waals surface area contributed by atoms with Crippen LogP contribution in [0.1, 0.15) is 84.7 Å². The summed E-state index contributed by atoms with van der Waals surface area (Å²) in [6.45, 7) is 4.72. The maximum absolute atomic E-state index is 12.4. The lowest BCUT2D eigenvalue weighted by Crippen LogP contribution is -2.08. The summed E-state index contributed by atoms with van der Waals surface area (Å²) in [5.41, 5.74) is 2.59. The first-order valence-electron chi connectivity index (χ1n) is 11.3. The van der Waals surface area contributed by atoms with Gasteiger partial charge < -0.3 is 5.11 Å². The van der Waals surface area contributed by atoms with E-state index in [4.69, 9.17) is 0 Å². The van der Waals surface area contributed by atoms with Crippen LogP contribution >= 0.6 is 0 Å². The Morgan fingerprint density at radius 1 is 1.00 bits per heavy atom.